The lowest BCUT2D eigenvalue weighted by atomic mass is 9.76. The third-order valence-electron chi connectivity index (χ3n) is 8.39. The zero-order chi connectivity index (χ0) is 27.9. The van der Waals surface area contributed by atoms with Crippen LogP contribution in [0.25, 0.3) is 22.7 Å². The summed E-state index contributed by atoms with van der Waals surface area (Å²) in [5, 5.41) is 12.5. The van der Waals surface area contributed by atoms with Crippen LogP contribution in [0.1, 0.15) is 50.2 Å². The molecule has 210 valence electrons. The molecule has 0 bridgehead atoms. The average molecular weight is 565 g/mol. The van der Waals surface area contributed by atoms with Gasteiger partial charge in [-0.1, -0.05) is 25.0 Å². The monoisotopic (exact) mass is 564 g/mol. The van der Waals surface area contributed by atoms with E-state index in [9.17, 15) is 23.6 Å². The van der Waals surface area contributed by atoms with Crippen molar-refractivity contribution in [3.8, 4) is 28.8 Å². The fourth-order valence-electron chi connectivity index (χ4n) is 5.80. The minimum atomic E-state index is -2.48. The first-order chi connectivity index (χ1) is 19.3. The zero-order valence-electron chi connectivity index (χ0n) is 22.2. The predicted octanol–water partition coefficient (Wildman–Crippen LogP) is 6.16. The summed E-state index contributed by atoms with van der Waals surface area (Å²) in [5.74, 6) is 0.743. The molecule has 2 heterocycles. The van der Waals surface area contributed by atoms with Crippen LogP contribution in [0.2, 0.25) is 0 Å². The van der Waals surface area contributed by atoms with E-state index in [1.54, 1.807) is 12.1 Å². The molecule has 2 aromatic carbocycles. The summed E-state index contributed by atoms with van der Waals surface area (Å²) in [5.41, 5.74) is 2.40. The van der Waals surface area contributed by atoms with Crippen LogP contribution in [0, 0.1) is 23.1 Å². The molecule has 3 aliphatic rings. The van der Waals surface area contributed by atoms with E-state index in [0.717, 1.165) is 30.5 Å². The van der Waals surface area contributed by atoms with Crippen molar-refractivity contribution in [3.63, 3.8) is 0 Å². The van der Waals surface area contributed by atoms with Gasteiger partial charge >= 0.3 is 0 Å². The summed E-state index contributed by atoms with van der Waals surface area (Å²) < 4.78 is 40.0. The van der Waals surface area contributed by atoms with Gasteiger partial charge in [0.25, 0.3) is 0 Å². The van der Waals surface area contributed by atoms with Crippen molar-refractivity contribution in [1.82, 2.24) is 10.3 Å². The predicted molar refractivity (Wildman–Crippen MR) is 153 cm³/mol. The van der Waals surface area contributed by atoms with Crippen LogP contribution in [0.3, 0.4) is 0 Å². The van der Waals surface area contributed by atoms with Gasteiger partial charge in [0.15, 0.2) is 0 Å². The van der Waals surface area contributed by atoms with E-state index in [4.69, 9.17) is 9.40 Å². The Hall–Kier alpha value is -3.39. The Morgan fingerprint density at radius 2 is 1.70 bits per heavy atom. The molecule has 0 radical (unpaired) electrons. The Kier molecular flexibility index (Phi) is 7.07. The number of nitrogens with zero attached hydrogens (tertiary/aromatic N) is 3. The third-order valence-corrected chi connectivity index (χ3v) is 10.1. The van der Waals surface area contributed by atoms with Crippen molar-refractivity contribution in [2.24, 2.45) is 5.92 Å². The second kappa shape index (κ2) is 10.5. The first-order valence-corrected chi connectivity index (χ1v) is 15.7. The molecule has 0 unspecified atom stereocenters. The smallest absolute Gasteiger partial charge is 0.226 e. The van der Waals surface area contributed by atoms with E-state index in [-0.39, 0.29) is 23.6 Å². The SMILES string of the molecule is N#CC1(NC(=O)[C@@H]2CCCC[C@H]2c2oc(-c3ccc(F)cc3)nc2-c2ccc(N3CCS(O)(O)CC3)cc2)CC1. The van der Waals surface area contributed by atoms with Crippen molar-refractivity contribution in [3.05, 3.63) is 60.1 Å². The summed E-state index contributed by atoms with van der Waals surface area (Å²) in [6.45, 7) is 1.16. The Labute approximate surface area is 234 Å². The van der Waals surface area contributed by atoms with Crippen LogP contribution >= 0.6 is 10.6 Å². The maximum Gasteiger partial charge on any atom is 0.226 e. The molecular formula is C30H33FN4O4S. The lowest BCUT2D eigenvalue weighted by molar-refractivity contribution is -0.127. The number of nitriles is 1. The van der Waals surface area contributed by atoms with Gasteiger partial charge in [-0.3, -0.25) is 13.9 Å². The normalized spacial score (nSPS) is 24.1. The van der Waals surface area contributed by atoms with Gasteiger partial charge in [-0.15, -0.1) is 0 Å². The van der Waals surface area contributed by atoms with E-state index in [2.05, 4.69) is 16.3 Å². The van der Waals surface area contributed by atoms with Crippen molar-refractivity contribution < 1.29 is 22.7 Å². The number of hydrogen-bond donors (Lipinski definition) is 3. The first-order valence-electron chi connectivity index (χ1n) is 13.8. The molecule has 8 nitrogen and oxygen atoms in total. The molecule has 1 saturated heterocycles. The van der Waals surface area contributed by atoms with E-state index < -0.39 is 16.1 Å². The highest BCUT2D eigenvalue weighted by Crippen LogP contribution is 2.45. The number of anilines is 1. The van der Waals surface area contributed by atoms with Gasteiger partial charge in [-0.2, -0.15) is 15.9 Å². The Morgan fingerprint density at radius 3 is 2.35 bits per heavy atom. The van der Waals surface area contributed by atoms with Crippen molar-refractivity contribution in [1.29, 1.82) is 5.26 Å². The number of amides is 1. The molecule has 3 fully saturated rings. The summed E-state index contributed by atoms with van der Waals surface area (Å²) in [6.07, 6.45) is 4.71. The Bertz CT molecular complexity index is 1420. The van der Waals surface area contributed by atoms with Crippen LogP contribution in [0.15, 0.2) is 52.9 Å². The van der Waals surface area contributed by atoms with Crippen LogP contribution < -0.4 is 10.2 Å². The molecule has 3 N–H and O–H groups in total. The number of carbonyl (C=O) groups is 1. The summed E-state index contributed by atoms with van der Waals surface area (Å²) in [7, 11) is -2.48. The van der Waals surface area contributed by atoms with Gasteiger partial charge in [0.2, 0.25) is 11.8 Å². The molecule has 1 amide bonds. The fraction of sp³-hybridized carbons (Fsp3) is 0.433. The molecule has 2 atom stereocenters. The number of aromatic nitrogens is 1. The van der Waals surface area contributed by atoms with Gasteiger partial charge in [-0.05, 0) is 62.1 Å². The van der Waals surface area contributed by atoms with Crippen molar-refractivity contribution >= 4 is 22.2 Å². The lowest BCUT2D eigenvalue weighted by Gasteiger charge is -2.41. The fourth-order valence-corrected chi connectivity index (χ4v) is 7.03. The van der Waals surface area contributed by atoms with E-state index in [0.29, 0.717) is 66.8 Å². The number of nitrogens with one attached hydrogen (secondary N) is 1. The number of benzene rings is 2. The molecule has 40 heavy (non-hydrogen) atoms. The number of rotatable bonds is 6. The third kappa shape index (κ3) is 5.46. The average Bonchev–Trinajstić information content (AvgIpc) is 3.60. The second-order valence-electron chi connectivity index (χ2n) is 11.2. The largest absolute Gasteiger partial charge is 0.440 e. The molecule has 3 aromatic rings. The van der Waals surface area contributed by atoms with Crippen LogP contribution in [0.4, 0.5) is 10.1 Å². The van der Waals surface area contributed by atoms with Gasteiger partial charge in [0.05, 0.1) is 17.6 Å². The molecule has 0 spiro atoms. The maximum atomic E-state index is 13.6. The van der Waals surface area contributed by atoms with E-state index >= 15 is 0 Å². The van der Waals surface area contributed by atoms with Crippen molar-refractivity contribution in [2.75, 3.05) is 29.5 Å². The molecule has 2 saturated carbocycles. The zero-order valence-corrected chi connectivity index (χ0v) is 23.0. The number of carbonyl (C=O) groups excluding carboxylic acids is 1. The standard InChI is InChI=1S/C30H33FN4O4S/c31-22-9-5-21(6-10-22)29-33-26(20-7-11-23(12-8-20)35-15-17-40(37,38)18-16-35)27(39-29)24-3-1-2-4-25(24)28(36)34-30(19-32)13-14-30/h5-12,24-25,37-38H,1-4,13-18H2,(H,34,36)/t24-,25-/m1/s1. The van der Waals surface area contributed by atoms with Gasteiger partial charge in [0.1, 0.15) is 22.8 Å². The summed E-state index contributed by atoms with van der Waals surface area (Å²) in [4.78, 5) is 20.4. The summed E-state index contributed by atoms with van der Waals surface area (Å²) in [6, 6.07) is 16.2. The lowest BCUT2D eigenvalue weighted by Crippen LogP contribution is -2.42. The molecule has 2 aliphatic carbocycles. The van der Waals surface area contributed by atoms with Gasteiger partial charge in [0, 0.05) is 41.7 Å². The highest BCUT2D eigenvalue weighted by Gasteiger charge is 2.47. The van der Waals surface area contributed by atoms with Crippen LogP contribution in [-0.4, -0.2) is 50.1 Å². The molecule has 1 aliphatic heterocycles. The van der Waals surface area contributed by atoms with Gasteiger partial charge < -0.3 is 14.6 Å². The van der Waals surface area contributed by atoms with Gasteiger partial charge in [-0.25, -0.2) is 9.37 Å². The Morgan fingerprint density at radius 1 is 1.05 bits per heavy atom. The molecule has 6 rings (SSSR count). The minimum absolute atomic E-state index is 0.110. The topological polar surface area (TPSA) is 123 Å². The van der Waals surface area contributed by atoms with E-state index in [1.807, 2.05) is 24.3 Å². The van der Waals surface area contributed by atoms with Crippen LogP contribution in [0.5, 0.6) is 0 Å². The maximum absolute atomic E-state index is 13.6. The number of oxazole rings is 1. The first kappa shape index (κ1) is 26.8. The van der Waals surface area contributed by atoms with E-state index in [1.165, 1.54) is 12.1 Å². The second-order valence-corrected chi connectivity index (χ2v) is 13.6. The molecule has 1 aromatic heterocycles. The van der Waals surface area contributed by atoms with Crippen molar-refractivity contribution in [2.45, 2.75) is 50.0 Å². The highest BCUT2D eigenvalue weighted by molar-refractivity contribution is 8.24. The number of halogens is 1. The Balaban J connectivity index is 1.34. The number of hydrogen-bond acceptors (Lipinski definition) is 7. The highest BCUT2D eigenvalue weighted by atomic mass is 32.3. The molecular weight excluding hydrogens is 531 g/mol. The quantitative estimate of drug-likeness (QED) is 0.327. The van der Waals surface area contributed by atoms with Crippen LogP contribution in [-0.2, 0) is 4.79 Å². The summed E-state index contributed by atoms with van der Waals surface area (Å²) >= 11 is 0. The minimum Gasteiger partial charge on any atom is -0.440 e. The molecule has 10 heteroatoms.